The fourth-order valence-electron chi connectivity index (χ4n) is 2.70. The predicted molar refractivity (Wildman–Crippen MR) is 97.6 cm³/mol. The van der Waals surface area contributed by atoms with Crippen LogP contribution in [0.5, 0.6) is 0 Å². The largest absolute Gasteiger partial charge is 0.464 e. The highest BCUT2D eigenvalue weighted by molar-refractivity contribution is 8.02. The molecule has 0 saturated carbocycles. The molecule has 5 nitrogen and oxygen atoms in total. The van der Waals surface area contributed by atoms with E-state index in [2.05, 4.69) is 4.72 Å². The van der Waals surface area contributed by atoms with Crippen LogP contribution >= 0.6 is 23.4 Å². The van der Waals surface area contributed by atoms with Crippen LogP contribution in [0.3, 0.4) is 0 Å². The molecule has 0 fully saturated rings. The zero-order valence-corrected chi connectivity index (χ0v) is 15.3. The van der Waals surface area contributed by atoms with E-state index in [1.165, 1.54) is 24.1 Å². The van der Waals surface area contributed by atoms with Crippen LogP contribution in [0.1, 0.15) is 16.5 Å². The van der Waals surface area contributed by atoms with Crippen LogP contribution in [0.2, 0.25) is 5.02 Å². The van der Waals surface area contributed by atoms with Crippen molar-refractivity contribution in [2.75, 3.05) is 0 Å². The fourth-order valence-corrected chi connectivity index (χ4v) is 6.07. The van der Waals surface area contributed by atoms with E-state index in [9.17, 15) is 13.2 Å². The second kappa shape index (κ2) is 5.88. The molecule has 0 radical (unpaired) electrons. The lowest BCUT2D eigenvalue weighted by molar-refractivity contribution is 0.567. The molecule has 0 amide bonds. The molecule has 0 aliphatic carbocycles. The number of aryl methyl sites for hydroxylation is 1. The van der Waals surface area contributed by atoms with Crippen molar-refractivity contribution in [1.82, 2.24) is 4.72 Å². The number of thioether (sulfide) groups is 1. The van der Waals surface area contributed by atoms with Crippen molar-refractivity contribution in [1.29, 1.82) is 0 Å². The van der Waals surface area contributed by atoms with Gasteiger partial charge in [-0.05, 0) is 36.8 Å². The smallest absolute Gasteiger partial charge is 0.242 e. The Hall–Kier alpha value is -1.80. The zero-order chi connectivity index (χ0) is 17.8. The molecule has 1 unspecified atom stereocenters. The Morgan fingerprint density at radius 3 is 2.80 bits per heavy atom. The summed E-state index contributed by atoms with van der Waals surface area (Å²) in [5.41, 5.74) is 1.12. The molecule has 0 spiro atoms. The molecule has 8 heteroatoms. The highest BCUT2D eigenvalue weighted by atomic mass is 35.5. The van der Waals surface area contributed by atoms with Gasteiger partial charge < -0.3 is 4.42 Å². The van der Waals surface area contributed by atoms with Crippen LogP contribution in [-0.2, 0) is 10.0 Å². The SMILES string of the molecule is Cc1cc2c(cc1Cl)SC(c1coc3ccccc3c1=O)NS2(=O)=O. The van der Waals surface area contributed by atoms with E-state index in [-0.39, 0.29) is 15.9 Å². The summed E-state index contributed by atoms with van der Waals surface area (Å²) in [6.07, 6.45) is 1.31. The highest BCUT2D eigenvalue weighted by Crippen LogP contribution is 2.43. The number of fused-ring (bicyclic) bond motifs is 2. The number of para-hydroxylation sites is 1. The van der Waals surface area contributed by atoms with Crippen LogP contribution in [0.25, 0.3) is 11.0 Å². The first-order valence-electron chi connectivity index (χ1n) is 7.36. The van der Waals surface area contributed by atoms with Gasteiger partial charge in [0.05, 0.1) is 15.8 Å². The number of hydrogen-bond acceptors (Lipinski definition) is 5. The Labute approximate surface area is 153 Å². The predicted octanol–water partition coefficient (Wildman–Crippen LogP) is 3.84. The highest BCUT2D eigenvalue weighted by Gasteiger charge is 2.33. The lowest BCUT2D eigenvalue weighted by Gasteiger charge is -2.25. The first kappa shape index (κ1) is 16.7. The molecule has 1 aliphatic heterocycles. The first-order valence-corrected chi connectivity index (χ1v) is 10.1. The molecule has 3 aromatic rings. The topological polar surface area (TPSA) is 76.4 Å². The van der Waals surface area contributed by atoms with Gasteiger partial charge in [0.2, 0.25) is 10.0 Å². The number of rotatable bonds is 1. The summed E-state index contributed by atoms with van der Waals surface area (Å²) in [5, 5.41) is 0.109. The van der Waals surface area contributed by atoms with Gasteiger partial charge in [-0.25, -0.2) is 8.42 Å². The third-order valence-corrected chi connectivity index (χ3v) is 7.36. The summed E-state index contributed by atoms with van der Waals surface area (Å²) in [6, 6.07) is 10.00. The van der Waals surface area contributed by atoms with Gasteiger partial charge in [-0.3, -0.25) is 4.79 Å². The van der Waals surface area contributed by atoms with Crippen molar-refractivity contribution in [3.63, 3.8) is 0 Å². The number of halogens is 1. The zero-order valence-electron chi connectivity index (χ0n) is 12.9. The van der Waals surface area contributed by atoms with Crippen LogP contribution in [0.15, 0.2) is 61.7 Å². The Morgan fingerprint density at radius 2 is 2.00 bits per heavy atom. The van der Waals surface area contributed by atoms with Gasteiger partial charge in [0.15, 0.2) is 5.43 Å². The average molecular weight is 394 g/mol. The minimum atomic E-state index is -3.76. The van der Waals surface area contributed by atoms with Crippen LogP contribution in [-0.4, -0.2) is 8.42 Å². The third-order valence-electron chi connectivity index (χ3n) is 4.01. The van der Waals surface area contributed by atoms with E-state index in [0.29, 0.717) is 26.5 Å². The van der Waals surface area contributed by atoms with Crippen molar-refractivity contribution in [2.24, 2.45) is 0 Å². The molecule has 128 valence electrons. The van der Waals surface area contributed by atoms with E-state index >= 15 is 0 Å². The Kier molecular flexibility index (Phi) is 3.92. The maximum absolute atomic E-state index is 12.7. The van der Waals surface area contributed by atoms with Crippen molar-refractivity contribution in [2.45, 2.75) is 22.1 Å². The van der Waals surface area contributed by atoms with Gasteiger partial charge in [0, 0.05) is 9.92 Å². The van der Waals surface area contributed by atoms with E-state index in [1.807, 2.05) is 0 Å². The molecular formula is C17H12ClNO4S2. The van der Waals surface area contributed by atoms with Crippen molar-refractivity contribution in [3.05, 3.63) is 69.0 Å². The molecule has 2 heterocycles. The molecule has 0 saturated heterocycles. The van der Waals surface area contributed by atoms with E-state index in [0.717, 1.165) is 0 Å². The Morgan fingerprint density at radius 1 is 1.24 bits per heavy atom. The van der Waals surface area contributed by atoms with E-state index in [4.69, 9.17) is 16.0 Å². The number of benzene rings is 2. The molecular weight excluding hydrogens is 382 g/mol. The Balaban J connectivity index is 1.87. The summed E-state index contributed by atoms with van der Waals surface area (Å²) < 4.78 is 33.2. The molecule has 1 atom stereocenters. The summed E-state index contributed by atoms with van der Waals surface area (Å²) in [4.78, 5) is 13.4. The minimum absolute atomic E-state index is 0.167. The second-order valence-electron chi connectivity index (χ2n) is 5.68. The van der Waals surface area contributed by atoms with Gasteiger partial charge in [0.1, 0.15) is 17.2 Å². The summed E-state index contributed by atoms with van der Waals surface area (Å²) >= 11 is 7.36. The molecule has 4 rings (SSSR count). The minimum Gasteiger partial charge on any atom is -0.464 e. The third kappa shape index (κ3) is 2.77. The first-order chi connectivity index (χ1) is 11.9. The lowest BCUT2D eigenvalue weighted by Crippen LogP contribution is -2.33. The summed E-state index contributed by atoms with van der Waals surface area (Å²) in [5.74, 6) is 0. The molecule has 1 aliphatic rings. The van der Waals surface area contributed by atoms with E-state index in [1.54, 1.807) is 37.3 Å². The normalized spacial score (nSPS) is 18.9. The van der Waals surface area contributed by atoms with Crippen LogP contribution in [0.4, 0.5) is 0 Å². The molecule has 1 N–H and O–H groups in total. The second-order valence-corrected chi connectivity index (χ2v) is 8.92. The fraction of sp³-hybridized carbons (Fsp3) is 0.118. The lowest BCUT2D eigenvalue weighted by atomic mass is 10.2. The van der Waals surface area contributed by atoms with Gasteiger partial charge in [0.25, 0.3) is 0 Å². The standard InChI is InChI=1S/C17H12ClNO4S2/c1-9-6-15-14(7-12(9)18)24-17(19-25(15,21)22)11-8-23-13-5-3-2-4-10(13)16(11)20/h2-8,17,19H,1H3. The summed E-state index contributed by atoms with van der Waals surface area (Å²) in [6.45, 7) is 1.74. The van der Waals surface area contributed by atoms with Crippen molar-refractivity contribution < 1.29 is 12.8 Å². The molecule has 2 aromatic carbocycles. The quantitative estimate of drug-likeness (QED) is 0.679. The maximum atomic E-state index is 12.7. The summed E-state index contributed by atoms with van der Waals surface area (Å²) in [7, 11) is -3.76. The monoisotopic (exact) mass is 393 g/mol. The Bertz CT molecular complexity index is 1170. The number of nitrogens with one attached hydrogen (secondary N) is 1. The maximum Gasteiger partial charge on any atom is 0.242 e. The van der Waals surface area contributed by atoms with Crippen molar-refractivity contribution >= 4 is 44.4 Å². The number of hydrogen-bond donors (Lipinski definition) is 1. The number of sulfonamides is 1. The van der Waals surface area contributed by atoms with Crippen LogP contribution in [0, 0.1) is 6.92 Å². The average Bonchev–Trinajstić information content (AvgIpc) is 2.57. The molecule has 0 bridgehead atoms. The van der Waals surface area contributed by atoms with Gasteiger partial charge >= 0.3 is 0 Å². The van der Waals surface area contributed by atoms with Crippen molar-refractivity contribution in [3.8, 4) is 0 Å². The molecule has 1 aromatic heterocycles. The van der Waals surface area contributed by atoms with E-state index < -0.39 is 15.4 Å². The van der Waals surface area contributed by atoms with Crippen LogP contribution < -0.4 is 10.2 Å². The van der Waals surface area contributed by atoms with Gasteiger partial charge in [-0.1, -0.05) is 35.5 Å². The molecule has 25 heavy (non-hydrogen) atoms. The van der Waals surface area contributed by atoms with Gasteiger partial charge in [-0.15, -0.1) is 0 Å². The van der Waals surface area contributed by atoms with Gasteiger partial charge in [-0.2, -0.15) is 4.72 Å².